The molecule has 17 heavy (non-hydrogen) atoms. The maximum Gasteiger partial charge on any atom is 0.129 e. The lowest BCUT2D eigenvalue weighted by Crippen LogP contribution is -2.44. The van der Waals surface area contributed by atoms with Crippen LogP contribution in [0, 0.1) is 0 Å². The third-order valence-corrected chi connectivity index (χ3v) is 3.63. The van der Waals surface area contributed by atoms with E-state index in [1.54, 1.807) is 18.2 Å². The first-order valence-electron chi connectivity index (χ1n) is 5.76. The fourth-order valence-corrected chi connectivity index (χ4v) is 2.44. The molecule has 0 bridgehead atoms. The Hall–Kier alpha value is -0.710. The summed E-state index contributed by atoms with van der Waals surface area (Å²) < 4.78 is 13.1. The normalized spacial score (nSPS) is 31.2. The molecule has 1 atom stereocenters. The van der Waals surface area contributed by atoms with Gasteiger partial charge in [0.25, 0.3) is 0 Å². The third-order valence-electron chi connectivity index (χ3n) is 3.42. The summed E-state index contributed by atoms with van der Waals surface area (Å²) in [6.45, 7) is 0. The van der Waals surface area contributed by atoms with Gasteiger partial charge in [0.2, 0.25) is 0 Å². The molecule has 1 heterocycles. The molecule has 0 aliphatic heterocycles. The Morgan fingerprint density at radius 1 is 1.47 bits per heavy atom. The minimum atomic E-state index is -1.07. The van der Waals surface area contributed by atoms with E-state index in [0.717, 1.165) is 0 Å². The van der Waals surface area contributed by atoms with Crippen LogP contribution in [-0.2, 0) is 0 Å². The van der Waals surface area contributed by atoms with Crippen LogP contribution in [0.15, 0.2) is 18.2 Å². The van der Waals surface area contributed by atoms with Gasteiger partial charge in [0.05, 0.1) is 17.3 Å². The molecule has 1 aliphatic carbocycles. The first-order valence-corrected chi connectivity index (χ1v) is 6.13. The number of aliphatic hydroxyl groups is 1. The van der Waals surface area contributed by atoms with Gasteiger partial charge in [-0.05, 0) is 37.8 Å². The molecule has 1 aromatic rings. The zero-order valence-corrected chi connectivity index (χ0v) is 10.2. The minimum Gasteiger partial charge on any atom is -0.388 e. The van der Waals surface area contributed by atoms with Gasteiger partial charge in [-0.2, -0.15) is 0 Å². The van der Waals surface area contributed by atoms with Crippen LogP contribution in [0.1, 0.15) is 37.4 Å². The maximum absolute atomic E-state index is 13.1. The standard InChI is InChI=1S/C12H16ClFN2O/c13-10-3-1-2-9(16-10)11(15)12(17)6-4-8(14)5-7-12/h1-3,8,11,17H,4-7,15H2/t8-,11?,12-. The van der Waals surface area contributed by atoms with E-state index in [2.05, 4.69) is 4.98 Å². The average molecular weight is 259 g/mol. The fraction of sp³-hybridized carbons (Fsp3) is 0.583. The van der Waals surface area contributed by atoms with Gasteiger partial charge in [-0.3, -0.25) is 0 Å². The molecule has 3 N–H and O–H groups in total. The van der Waals surface area contributed by atoms with Crippen LogP contribution in [-0.4, -0.2) is 21.9 Å². The Labute approximate surface area is 105 Å². The van der Waals surface area contributed by atoms with Crippen LogP contribution in [0.25, 0.3) is 0 Å². The van der Waals surface area contributed by atoms with Crippen molar-refractivity contribution in [2.45, 2.75) is 43.5 Å². The summed E-state index contributed by atoms with van der Waals surface area (Å²) >= 11 is 5.79. The number of hydrogen-bond donors (Lipinski definition) is 2. The van der Waals surface area contributed by atoms with Crippen LogP contribution in [0.3, 0.4) is 0 Å². The lowest BCUT2D eigenvalue weighted by atomic mass is 9.78. The highest BCUT2D eigenvalue weighted by molar-refractivity contribution is 6.29. The monoisotopic (exact) mass is 258 g/mol. The average Bonchev–Trinajstić information content (AvgIpc) is 2.32. The van der Waals surface area contributed by atoms with E-state index < -0.39 is 17.8 Å². The van der Waals surface area contributed by atoms with Crippen molar-refractivity contribution in [3.8, 4) is 0 Å². The summed E-state index contributed by atoms with van der Waals surface area (Å²) in [5, 5.41) is 10.8. The highest BCUT2D eigenvalue weighted by Gasteiger charge is 2.39. The van der Waals surface area contributed by atoms with Gasteiger partial charge in [0.1, 0.15) is 11.3 Å². The lowest BCUT2D eigenvalue weighted by Gasteiger charge is -2.37. The summed E-state index contributed by atoms with van der Waals surface area (Å²) in [5.41, 5.74) is 5.51. The van der Waals surface area contributed by atoms with Crippen LogP contribution in [0.2, 0.25) is 5.15 Å². The molecule has 1 aliphatic rings. The smallest absolute Gasteiger partial charge is 0.129 e. The Morgan fingerprint density at radius 3 is 2.71 bits per heavy atom. The van der Waals surface area contributed by atoms with E-state index in [4.69, 9.17) is 17.3 Å². The van der Waals surface area contributed by atoms with E-state index in [-0.39, 0.29) is 0 Å². The molecule has 0 saturated heterocycles. The van der Waals surface area contributed by atoms with Crippen LogP contribution in [0.4, 0.5) is 4.39 Å². The minimum absolute atomic E-state index is 0.348. The number of hydrogen-bond acceptors (Lipinski definition) is 3. The van der Waals surface area contributed by atoms with Crippen molar-refractivity contribution in [2.75, 3.05) is 0 Å². The topological polar surface area (TPSA) is 59.1 Å². The molecular weight excluding hydrogens is 243 g/mol. The summed E-state index contributed by atoms with van der Waals surface area (Å²) in [5.74, 6) is 0. The molecule has 3 nitrogen and oxygen atoms in total. The fourth-order valence-electron chi connectivity index (χ4n) is 2.27. The van der Waals surface area contributed by atoms with Crippen LogP contribution in [0.5, 0.6) is 0 Å². The SMILES string of the molecule is NC(c1cccc(Cl)n1)[C@]1(O)CC[C@H](F)CC1. The van der Waals surface area contributed by atoms with Crippen LogP contribution < -0.4 is 5.73 Å². The number of alkyl halides is 1. The second-order valence-corrected chi connectivity index (χ2v) is 5.03. The van der Waals surface area contributed by atoms with Gasteiger partial charge < -0.3 is 10.8 Å². The van der Waals surface area contributed by atoms with Gasteiger partial charge in [-0.15, -0.1) is 0 Å². The van der Waals surface area contributed by atoms with Gasteiger partial charge in [-0.25, -0.2) is 9.37 Å². The van der Waals surface area contributed by atoms with Crippen molar-refractivity contribution < 1.29 is 9.50 Å². The Kier molecular flexibility index (Phi) is 3.66. The van der Waals surface area contributed by atoms with E-state index in [1.807, 2.05) is 0 Å². The van der Waals surface area contributed by atoms with Crippen LogP contribution >= 0.6 is 11.6 Å². The zero-order chi connectivity index (χ0) is 12.5. The number of pyridine rings is 1. The van der Waals surface area contributed by atoms with E-state index >= 15 is 0 Å². The Bertz CT molecular complexity index is 394. The van der Waals surface area contributed by atoms with E-state index in [9.17, 15) is 9.50 Å². The van der Waals surface area contributed by atoms with Gasteiger partial charge in [0.15, 0.2) is 0 Å². The molecule has 1 unspecified atom stereocenters. The van der Waals surface area contributed by atoms with E-state index in [0.29, 0.717) is 36.5 Å². The highest BCUT2D eigenvalue weighted by Crippen LogP contribution is 2.37. The highest BCUT2D eigenvalue weighted by atomic mass is 35.5. The number of aromatic nitrogens is 1. The van der Waals surface area contributed by atoms with Crippen molar-refractivity contribution in [3.05, 3.63) is 29.0 Å². The summed E-state index contributed by atoms with van der Waals surface area (Å²) in [4.78, 5) is 4.10. The largest absolute Gasteiger partial charge is 0.388 e. The zero-order valence-electron chi connectivity index (χ0n) is 9.44. The molecule has 94 valence electrons. The van der Waals surface area contributed by atoms with Crippen molar-refractivity contribution in [1.82, 2.24) is 4.98 Å². The first kappa shape index (κ1) is 12.7. The molecular formula is C12H16ClFN2O. The lowest BCUT2D eigenvalue weighted by molar-refractivity contribution is -0.0373. The Balaban J connectivity index is 2.16. The number of nitrogens with two attached hydrogens (primary N) is 1. The van der Waals surface area contributed by atoms with Gasteiger partial charge >= 0.3 is 0 Å². The summed E-state index contributed by atoms with van der Waals surface area (Å²) in [6, 6.07) is 4.51. The van der Waals surface area contributed by atoms with Crippen molar-refractivity contribution >= 4 is 11.6 Å². The van der Waals surface area contributed by atoms with Crippen molar-refractivity contribution in [2.24, 2.45) is 5.73 Å². The third kappa shape index (κ3) is 2.76. The molecule has 5 heteroatoms. The Morgan fingerprint density at radius 2 is 2.12 bits per heavy atom. The molecule has 1 aromatic heterocycles. The number of nitrogens with zero attached hydrogens (tertiary/aromatic N) is 1. The first-order chi connectivity index (χ1) is 8.01. The molecule has 1 fully saturated rings. The molecule has 2 rings (SSSR count). The summed E-state index contributed by atoms with van der Waals surface area (Å²) in [6.07, 6.45) is 0.609. The number of halogens is 2. The number of rotatable bonds is 2. The molecule has 0 spiro atoms. The predicted molar refractivity (Wildman–Crippen MR) is 64.5 cm³/mol. The maximum atomic E-state index is 13.1. The quantitative estimate of drug-likeness (QED) is 0.801. The predicted octanol–water partition coefficient (Wildman–Crippen LogP) is 2.38. The molecule has 0 radical (unpaired) electrons. The molecule has 0 aromatic carbocycles. The second kappa shape index (κ2) is 4.88. The van der Waals surface area contributed by atoms with E-state index in [1.165, 1.54) is 0 Å². The van der Waals surface area contributed by atoms with Gasteiger partial charge in [0, 0.05) is 0 Å². The van der Waals surface area contributed by atoms with Crippen molar-refractivity contribution in [1.29, 1.82) is 0 Å². The molecule has 1 saturated carbocycles. The summed E-state index contributed by atoms with van der Waals surface area (Å²) in [7, 11) is 0. The second-order valence-electron chi connectivity index (χ2n) is 4.64. The van der Waals surface area contributed by atoms with Crippen molar-refractivity contribution in [3.63, 3.8) is 0 Å². The molecule has 0 amide bonds. The van der Waals surface area contributed by atoms with Gasteiger partial charge in [-0.1, -0.05) is 17.7 Å².